The summed E-state index contributed by atoms with van der Waals surface area (Å²) in [6.07, 6.45) is -1.45. The molecular weight excluding hydrogens is 351 g/mol. The Balaban J connectivity index is 2.56. The molecule has 0 unspecified atom stereocenters. The molecule has 26 heavy (non-hydrogen) atoms. The molecule has 1 aromatic carbocycles. The lowest BCUT2D eigenvalue weighted by atomic mass is 9.83. The molecule has 0 spiro atoms. The standard InChI is InChI=1S/C18H18F3NO4/c1-4-22-9-13(16(23)25-2)15(14(10-22)17(24)26-3)11-5-7-12(8-6-11)18(19,20)21/h5-10,15H,4H2,1-3H3. The van der Waals surface area contributed by atoms with E-state index in [9.17, 15) is 22.8 Å². The van der Waals surface area contributed by atoms with Gasteiger partial charge in [-0.05, 0) is 24.6 Å². The summed E-state index contributed by atoms with van der Waals surface area (Å²) < 4.78 is 48.0. The molecule has 5 nitrogen and oxygen atoms in total. The Kier molecular flexibility index (Phi) is 5.74. The Morgan fingerprint density at radius 2 is 1.46 bits per heavy atom. The molecule has 8 heteroatoms. The number of hydrogen-bond acceptors (Lipinski definition) is 5. The third-order valence-electron chi connectivity index (χ3n) is 4.01. The fourth-order valence-electron chi connectivity index (χ4n) is 2.69. The largest absolute Gasteiger partial charge is 0.466 e. The first-order valence-corrected chi connectivity index (χ1v) is 7.75. The molecule has 0 bridgehead atoms. The van der Waals surface area contributed by atoms with Crippen LogP contribution in [-0.4, -0.2) is 37.6 Å². The summed E-state index contributed by atoms with van der Waals surface area (Å²) in [5.41, 5.74) is -0.199. The average Bonchev–Trinajstić information content (AvgIpc) is 2.64. The maximum absolute atomic E-state index is 12.8. The van der Waals surface area contributed by atoms with Crippen molar-refractivity contribution in [2.24, 2.45) is 0 Å². The van der Waals surface area contributed by atoms with Crippen molar-refractivity contribution in [3.63, 3.8) is 0 Å². The number of benzene rings is 1. The predicted molar refractivity (Wildman–Crippen MR) is 86.8 cm³/mol. The van der Waals surface area contributed by atoms with E-state index in [4.69, 9.17) is 9.47 Å². The van der Waals surface area contributed by atoms with E-state index >= 15 is 0 Å². The van der Waals surface area contributed by atoms with Gasteiger partial charge in [0.2, 0.25) is 0 Å². The Labute approximate surface area is 148 Å². The molecule has 0 aliphatic carbocycles. The fraction of sp³-hybridized carbons (Fsp3) is 0.333. The van der Waals surface area contributed by atoms with Crippen molar-refractivity contribution in [1.29, 1.82) is 0 Å². The zero-order valence-electron chi connectivity index (χ0n) is 14.5. The highest BCUT2D eigenvalue weighted by atomic mass is 19.4. The molecule has 0 fully saturated rings. The van der Waals surface area contributed by atoms with Crippen molar-refractivity contribution in [3.05, 3.63) is 58.9 Å². The van der Waals surface area contributed by atoms with Crippen LogP contribution in [0.5, 0.6) is 0 Å². The normalized spacial score (nSPS) is 15.2. The highest BCUT2D eigenvalue weighted by Crippen LogP contribution is 2.38. The van der Waals surface area contributed by atoms with Gasteiger partial charge in [-0.3, -0.25) is 0 Å². The summed E-state index contributed by atoms with van der Waals surface area (Å²) in [5, 5.41) is 0. The van der Waals surface area contributed by atoms with E-state index in [0.717, 1.165) is 12.1 Å². The Hall–Kier alpha value is -2.77. The molecule has 0 amide bonds. The summed E-state index contributed by atoms with van der Waals surface area (Å²) in [6, 6.07) is 4.29. The second kappa shape index (κ2) is 7.63. The van der Waals surface area contributed by atoms with Crippen LogP contribution >= 0.6 is 0 Å². The van der Waals surface area contributed by atoms with Gasteiger partial charge in [-0.15, -0.1) is 0 Å². The van der Waals surface area contributed by atoms with Crippen molar-refractivity contribution < 1.29 is 32.2 Å². The minimum Gasteiger partial charge on any atom is -0.466 e. The number of alkyl halides is 3. The molecule has 0 aromatic heterocycles. The molecule has 0 atom stereocenters. The summed E-state index contributed by atoms with van der Waals surface area (Å²) in [5.74, 6) is -2.24. The van der Waals surface area contributed by atoms with Gasteiger partial charge in [-0.2, -0.15) is 13.2 Å². The van der Waals surface area contributed by atoms with Crippen LogP contribution in [-0.2, 0) is 25.2 Å². The van der Waals surface area contributed by atoms with E-state index in [2.05, 4.69) is 0 Å². The minimum atomic E-state index is -4.48. The van der Waals surface area contributed by atoms with Gasteiger partial charge >= 0.3 is 18.1 Å². The number of carbonyl (C=O) groups excluding carboxylic acids is 2. The van der Waals surface area contributed by atoms with Gasteiger partial charge in [0, 0.05) is 18.9 Å². The van der Waals surface area contributed by atoms with Crippen molar-refractivity contribution in [2.75, 3.05) is 20.8 Å². The Morgan fingerprint density at radius 1 is 1.00 bits per heavy atom. The molecule has 0 radical (unpaired) electrons. The molecule has 0 N–H and O–H groups in total. The monoisotopic (exact) mass is 369 g/mol. The molecule has 140 valence electrons. The van der Waals surface area contributed by atoms with Crippen LogP contribution in [0.4, 0.5) is 13.2 Å². The lowest BCUT2D eigenvalue weighted by Crippen LogP contribution is -2.28. The van der Waals surface area contributed by atoms with Gasteiger partial charge in [0.25, 0.3) is 0 Å². The number of halogens is 3. The zero-order valence-corrected chi connectivity index (χ0v) is 14.5. The highest BCUT2D eigenvalue weighted by molar-refractivity contribution is 5.98. The highest BCUT2D eigenvalue weighted by Gasteiger charge is 2.36. The van der Waals surface area contributed by atoms with Gasteiger partial charge < -0.3 is 14.4 Å². The lowest BCUT2D eigenvalue weighted by Gasteiger charge is -2.29. The molecule has 1 aliphatic rings. The van der Waals surface area contributed by atoms with Crippen LogP contribution in [0.25, 0.3) is 0 Å². The van der Waals surface area contributed by atoms with E-state index in [1.54, 1.807) is 4.90 Å². The number of hydrogen-bond donors (Lipinski definition) is 0. The summed E-state index contributed by atoms with van der Waals surface area (Å²) in [4.78, 5) is 26.0. The van der Waals surface area contributed by atoms with Crippen molar-refractivity contribution in [1.82, 2.24) is 4.90 Å². The van der Waals surface area contributed by atoms with E-state index in [1.165, 1.54) is 38.8 Å². The van der Waals surface area contributed by atoms with E-state index in [-0.39, 0.29) is 11.1 Å². The lowest BCUT2D eigenvalue weighted by molar-refractivity contribution is -0.138. The third-order valence-corrected chi connectivity index (χ3v) is 4.01. The quantitative estimate of drug-likeness (QED) is 0.763. The molecule has 1 aliphatic heterocycles. The van der Waals surface area contributed by atoms with Gasteiger partial charge in [-0.25, -0.2) is 9.59 Å². The first-order chi connectivity index (χ1) is 12.2. The van der Waals surface area contributed by atoms with Crippen molar-refractivity contribution >= 4 is 11.9 Å². The van der Waals surface area contributed by atoms with Crippen molar-refractivity contribution in [3.8, 4) is 0 Å². The topological polar surface area (TPSA) is 55.8 Å². The van der Waals surface area contributed by atoms with Gasteiger partial charge in [0.05, 0.1) is 36.8 Å². The van der Waals surface area contributed by atoms with Crippen LogP contribution in [0.3, 0.4) is 0 Å². The van der Waals surface area contributed by atoms with Crippen LogP contribution in [0, 0.1) is 0 Å². The second-order valence-electron chi connectivity index (χ2n) is 5.54. The predicted octanol–water partition coefficient (Wildman–Crippen LogP) is 3.24. The minimum absolute atomic E-state index is 0.136. The first kappa shape index (κ1) is 19.6. The molecule has 1 aromatic rings. The average molecular weight is 369 g/mol. The van der Waals surface area contributed by atoms with E-state index in [0.29, 0.717) is 12.1 Å². The van der Waals surface area contributed by atoms with Crippen LogP contribution in [0.15, 0.2) is 47.8 Å². The number of nitrogens with zero attached hydrogens (tertiary/aromatic N) is 1. The number of ether oxygens (including phenoxy) is 2. The first-order valence-electron chi connectivity index (χ1n) is 7.75. The molecular formula is C18H18F3NO4. The molecule has 0 saturated carbocycles. The Morgan fingerprint density at radius 3 is 1.81 bits per heavy atom. The molecule has 2 rings (SSSR count). The Bertz CT molecular complexity index is 717. The van der Waals surface area contributed by atoms with Gasteiger partial charge in [0.1, 0.15) is 0 Å². The maximum atomic E-state index is 12.8. The van der Waals surface area contributed by atoms with E-state index < -0.39 is 29.6 Å². The molecule has 1 heterocycles. The van der Waals surface area contributed by atoms with Gasteiger partial charge in [-0.1, -0.05) is 12.1 Å². The number of rotatable bonds is 4. The maximum Gasteiger partial charge on any atom is 0.416 e. The third kappa shape index (κ3) is 3.89. The zero-order chi connectivity index (χ0) is 19.5. The van der Waals surface area contributed by atoms with Gasteiger partial charge in [0.15, 0.2) is 0 Å². The van der Waals surface area contributed by atoms with Crippen LogP contribution < -0.4 is 0 Å². The number of methoxy groups -OCH3 is 2. The molecule has 0 saturated heterocycles. The summed E-state index contributed by atoms with van der Waals surface area (Å²) >= 11 is 0. The number of carbonyl (C=O) groups is 2. The number of esters is 2. The van der Waals surface area contributed by atoms with Crippen molar-refractivity contribution in [2.45, 2.75) is 19.0 Å². The SMILES string of the molecule is CCN1C=C(C(=O)OC)C(c2ccc(C(F)(F)F)cc2)C(C(=O)OC)=C1. The second-order valence-corrected chi connectivity index (χ2v) is 5.54. The van der Waals surface area contributed by atoms with Crippen LogP contribution in [0.1, 0.15) is 24.0 Å². The summed E-state index contributed by atoms with van der Waals surface area (Å²) in [7, 11) is 2.39. The summed E-state index contributed by atoms with van der Waals surface area (Å²) in [6.45, 7) is 2.29. The van der Waals surface area contributed by atoms with Crippen LogP contribution in [0.2, 0.25) is 0 Å². The fourth-order valence-corrected chi connectivity index (χ4v) is 2.69. The smallest absolute Gasteiger partial charge is 0.416 e. The van der Waals surface area contributed by atoms with E-state index in [1.807, 2.05) is 6.92 Å².